The predicted octanol–water partition coefficient (Wildman–Crippen LogP) is 4.73. The molecule has 1 aliphatic rings. The molecule has 158 valence electrons. The average Bonchev–Trinajstić information content (AvgIpc) is 2.76. The third kappa shape index (κ3) is 6.03. The summed E-state index contributed by atoms with van der Waals surface area (Å²) in [5, 5.41) is 8.83. The molecule has 2 aromatic rings. The fourth-order valence-corrected chi connectivity index (χ4v) is 3.73. The van der Waals surface area contributed by atoms with Gasteiger partial charge in [0.1, 0.15) is 5.75 Å². The Morgan fingerprint density at radius 3 is 2.40 bits per heavy atom. The SMILES string of the molecule is CCOc1ccc(NC(=O)c2ccccc2NC(=S)NC(=O)C2CCCCC2)cc1. The lowest BCUT2D eigenvalue weighted by Crippen LogP contribution is -2.39. The molecule has 6 nitrogen and oxygen atoms in total. The second-order valence-electron chi connectivity index (χ2n) is 7.24. The van der Waals surface area contributed by atoms with Crippen molar-refractivity contribution in [1.82, 2.24) is 5.32 Å². The second-order valence-corrected chi connectivity index (χ2v) is 7.64. The number of hydrogen-bond acceptors (Lipinski definition) is 4. The van der Waals surface area contributed by atoms with Crippen molar-refractivity contribution in [2.24, 2.45) is 5.92 Å². The highest BCUT2D eigenvalue weighted by molar-refractivity contribution is 7.80. The van der Waals surface area contributed by atoms with Crippen molar-refractivity contribution in [3.63, 3.8) is 0 Å². The molecule has 1 saturated carbocycles. The second kappa shape index (κ2) is 10.7. The largest absolute Gasteiger partial charge is 0.494 e. The maximum Gasteiger partial charge on any atom is 0.257 e. The lowest BCUT2D eigenvalue weighted by Gasteiger charge is -2.21. The van der Waals surface area contributed by atoms with Crippen LogP contribution in [0.3, 0.4) is 0 Å². The van der Waals surface area contributed by atoms with E-state index in [1.807, 2.05) is 13.0 Å². The molecular formula is C23H27N3O3S. The lowest BCUT2D eigenvalue weighted by atomic mass is 9.89. The van der Waals surface area contributed by atoms with E-state index in [1.54, 1.807) is 42.5 Å². The van der Waals surface area contributed by atoms with E-state index in [0.717, 1.165) is 31.4 Å². The monoisotopic (exact) mass is 425 g/mol. The van der Waals surface area contributed by atoms with Gasteiger partial charge in [-0.05, 0) is 68.4 Å². The first-order valence-corrected chi connectivity index (χ1v) is 10.7. The highest BCUT2D eigenvalue weighted by Crippen LogP contribution is 2.24. The molecule has 0 spiro atoms. The van der Waals surface area contributed by atoms with Crippen molar-refractivity contribution in [1.29, 1.82) is 0 Å². The number of ether oxygens (including phenoxy) is 1. The molecule has 0 aliphatic heterocycles. The molecule has 0 radical (unpaired) electrons. The fraction of sp³-hybridized carbons (Fsp3) is 0.348. The van der Waals surface area contributed by atoms with Gasteiger partial charge in [0.05, 0.1) is 17.9 Å². The minimum atomic E-state index is -0.274. The molecule has 0 heterocycles. The number of benzene rings is 2. The van der Waals surface area contributed by atoms with Gasteiger partial charge in [-0.1, -0.05) is 31.4 Å². The topological polar surface area (TPSA) is 79.5 Å². The zero-order valence-electron chi connectivity index (χ0n) is 17.1. The van der Waals surface area contributed by atoms with Crippen molar-refractivity contribution < 1.29 is 14.3 Å². The molecule has 0 unspecified atom stereocenters. The van der Waals surface area contributed by atoms with Crippen LogP contribution >= 0.6 is 12.2 Å². The molecule has 2 amide bonds. The van der Waals surface area contributed by atoms with Crippen molar-refractivity contribution in [3.8, 4) is 5.75 Å². The lowest BCUT2D eigenvalue weighted by molar-refractivity contribution is -0.124. The van der Waals surface area contributed by atoms with Gasteiger partial charge in [0.15, 0.2) is 5.11 Å². The number of hydrogen-bond donors (Lipinski definition) is 3. The van der Waals surface area contributed by atoms with Gasteiger partial charge in [-0.25, -0.2) is 0 Å². The number of para-hydroxylation sites is 1. The summed E-state index contributed by atoms with van der Waals surface area (Å²) < 4.78 is 5.42. The first-order valence-electron chi connectivity index (χ1n) is 10.3. The summed E-state index contributed by atoms with van der Waals surface area (Å²) >= 11 is 5.31. The average molecular weight is 426 g/mol. The normalized spacial score (nSPS) is 13.9. The van der Waals surface area contributed by atoms with Gasteiger partial charge in [0, 0.05) is 11.6 Å². The van der Waals surface area contributed by atoms with Crippen LogP contribution in [-0.2, 0) is 4.79 Å². The van der Waals surface area contributed by atoms with E-state index in [4.69, 9.17) is 17.0 Å². The number of amides is 2. The molecule has 30 heavy (non-hydrogen) atoms. The van der Waals surface area contributed by atoms with E-state index in [1.165, 1.54) is 6.42 Å². The molecule has 2 aromatic carbocycles. The Kier molecular flexibility index (Phi) is 7.79. The summed E-state index contributed by atoms with van der Waals surface area (Å²) in [5.41, 5.74) is 1.63. The van der Waals surface area contributed by atoms with Gasteiger partial charge in [-0.15, -0.1) is 0 Å². The molecule has 0 saturated heterocycles. The van der Waals surface area contributed by atoms with Gasteiger partial charge >= 0.3 is 0 Å². The Morgan fingerprint density at radius 1 is 1.00 bits per heavy atom. The van der Waals surface area contributed by atoms with Crippen molar-refractivity contribution in [2.75, 3.05) is 17.2 Å². The van der Waals surface area contributed by atoms with Crippen molar-refractivity contribution in [3.05, 3.63) is 54.1 Å². The Hall–Kier alpha value is -2.93. The van der Waals surface area contributed by atoms with Crippen LogP contribution in [0.2, 0.25) is 0 Å². The molecular weight excluding hydrogens is 398 g/mol. The summed E-state index contributed by atoms with van der Waals surface area (Å²) in [6.45, 7) is 2.50. The van der Waals surface area contributed by atoms with Crippen LogP contribution in [0.15, 0.2) is 48.5 Å². The maximum absolute atomic E-state index is 12.8. The van der Waals surface area contributed by atoms with Gasteiger partial charge in [0.2, 0.25) is 5.91 Å². The van der Waals surface area contributed by atoms with Crippen LogP contribution in [0.1, 0.15) is 49.4 Å². The van der Waals surface area contributed by atoms with Crippen LogP contribution in [-0.4, -0.2) is 23.5 Å². The number of carbonyl (C=O) groups excluding carboxylic acids is 2. The summed E-state index contributed by atoms with van der Waals surface area (Å²) in [4.78, 5) is 25.2. The van der Waals surface area contributed by atoms with E-state index >= 15 is 0 Å². The van der Waals surface area contributed by atoms with E-state index in [-0.39, 0.29) is 22.8 Å². The van der Waals surface area contributed by atoms with Gasteiger partial charge in [0.25, 0.3) is 5.91 Å². The minimum absolute atomic E-state index is 0.0108. The van der Waals surface area contributed by atoms with E-state index < -0.39 is 0 Å². The van der Waals surface area contributed by atoms with Crippen LogP contribution in [0.5, 0.6) is 5.75 Å². The number of nitrogens with one attached hydrogen (secondary N) is 3. The molecule has 7 heteroatoms. The van der Waals surface area contributed by atoms with Gasteiger partial charge in [-0.3, -0.25) is 9.59 Å². The maximum atomic E-state index is 12.8. The van der Waals surface area contributed by atoms with Crippen LogP contribution < -0.4 is 20.7 Å². The van der Waals surface area contributed by atoms with E-state index in [9.17, 15) is 9.59 Å². The molecule has 0 atom stereocenters. The number of rotatable bonds is 6. The summed E-state index contributed by atoms with van der Waals surface area (Å²) in [7, 11) is 0. The highest BCUT2D eigenvalue weighted by Gasteiger charge is 2.22. The first kappa shape index (κ1) is 21.8. The summed E-state index contributed by atoms with van der Waals surface area (Å²) in [6.07, 6.45) is 5.13. The Balaban J connectivity index is 1.62. The minimum Gasteiger partial charge on any atom is -0.494 e. The fourth-order valence-electron chi connectivity index (χ4n) is 3.52. The summed E-state index contributed by atoms with van der Waals surface area (Å²) in [5.74, 6) is 0.431. The Bertz CT molecular complexity index is 893. The number of thiocarbonyl (C=S) groups is 1. The smallest absolute Gasteiger partial charge is 0.257 e. The molecule has 1 aliphatic carbocycles. The molecule has 0 aromatic heterocycles. The third-order valence-corrected chi connectivity index (χ3v) is 5.26. The zero-order valence-corrected chi connectivity index (χ0v) is 17.9. The van der Waals surface area contributed by atoms with E-state index in [0.29, 0.717) is 23.5 Å². The van der Waals surface area contributed by atoms with Gasteiger partial charge in [-0.2, -0.15) is 0 Å². The predicted molar refractivity (Wildman–Crippen MR) is 123 cm³/mol. The number of carbonyl (C=O) groups is 2. The van der Waals surface area contributed by atoms with Crippen LogP contribution in [0, 0.1) is 5.92 Å². The molecule has 3 rings (SSSR count). The van der Waals surface area contributed by atoms with Crippen LogP contribution in [0.25, 0.3) is 0 Å². The highest BCUT2D eigenvalue weighted by atomic mass is 32.1. The Labute approximate surface area is 182 Å². The molecule has 1 fully saturated rings. The standard InChI is InChI=1S/C23H27N3O3S/c1-2-29-18-14-12-17(13-15-18)24-22(28)19-10-6-7-11-20(19)25-23(30)26-21(27)16-8-4-3-5-9-16/h6-7,10-16H,2-5,8-9H2,1H3,(H,24,28)(H2,25,26,27,30). The quantitative estimate of drug-likeness (QED) is 0.583. The van der Waals surface area contributed by atoms with Crippen LogP contribution in [0.4, 0.5) is 11.4 Å². The zero-order chi connectivity index (χ0) is 21.3. The van der Waals surface area contributed by atoms with Crippen molar-refractivity contribution in [2.45, 2.75) is 39.0 Å². The first-order chi connectivity index (χ1) is 14.6. The van der Waals surface area contributed by atoms with Crippen molar-refractivity contribution >= 4 is 40.5 Å². The Morgan fingerprint density at radius 2 is 1.70 bits per heavy atom. The molecule has 3 N–H and O–H groups in total. The van der Waals surface area contributed by atoms with E-state index in [2.05, 4.69) is 16.0 Å². The molecule has 0 bridgehead atoms. The summed E-state index contributed by atoms with van der Waals surface area (Å²) in [6, 6.07) is 14.2. The third-order valence-electron chi connectivity index (χ3n) is 5.06. The number of anilines is 2. The van der Waals surface area contributed by atoms with Gasteiger partial charge < -0.3 is 20.7 Å².